The van der Waals surface area contributed by atoms with Crippen LogP contribution in [0.15, 0.2) is 57.7 Å². The van der Waals surface area contributed by atoms with E-state index in [1.54, 1.807) is 6.07 Å². The quantitative estimate of drug-likeness (QED) is 0.629. The molecule has 3 aromatic rings. The van der Waals surface area contributed by atoms with Crippen molar-refractivity contribution in [1.82, 2.24) is 20.2 Å². The average molecular weight is 441 g/mol. The normalized spacial score (nSPS) is 12.4. The lowest BCUT2D eigenvalue weighted by Gasteiger charge is -2.20. The lowest BCUT2D eigenvalue weighted by atomic mass is 10.0. The van der Waals surface area contributed by atoms with Crippen molar-refractivity contribution >= 4 is 34.8 Å². The molecule has 148 valence electrons. The van der Waals surface area contributed by atoms with Gasteiger partial charge in [0, 0.05) is 11.1 Å². The molecule has 1 aromatic heterocycles. The minimum atomic E-state index is -0.890. The van der Waals surface area contributed by atoms with Crippen LogP contribution >= 0.6 is 23.2 Å². The standard InChI is InChI=1S/C19H10Cl2N6O3/c1-9-11-4-2-3-5-12(11)18(25-24-9)30-16-13(20)6-10(7-14(16)21)27-19(29)23-17(28)15(8-22)26-27/h2-7,24H,1H2,(H,23,28,29). The number of benzene rings is 2. The Bertz CT molecular complexity index is 1380. The monoisotopic (exact) mass is 440 g/mol. The lowest BCUT2D eigenvalue weighted by Crippen LogP contribution is -2.33. The Morgan fingerprint density at radius 2 is 1.80 bits per heavy atom. The number of H-pyrrole nitrogens is 1. The van der Waals surface area contributed by atoms with Crippen molar-refractivity contribution in [2.45, 2.75) is 0 Å². The molecule has 0 spiro atoms. The number of hydrazone groups is 1. The SMILES string of the molecule is C=C1NN=C(Oc2c(Cl)cc(-n3nc(C#N)c(=O)[nH]c3=O)cc2Cl)c2ccccc21. The number of aromatic nitrogens is 3. The summed E-state index contributed by atoms with van der Waals surface area (Å²) in [5, 5.41) is 16.9. The van der Waals surface area contributed by atoms with Crippen molar-refractivity contribution in [3.8, 4) is 17.5 Å². The van der Waals surface area contributed by atoms with Gasteiger partial charge < -0.3 is 4.74 Å². The van der Waals surface area contributed by atoms with E-state index in [0.717, 1.165) is 10.2 Å². The van der Waals surface area contributed by atoms with E-state index in [9.17, 15) is 9.59 Å². The summed E-state index contributed by atoms with van der Waals surface area (Å²) in [5.41, 5.74) is 2.78. The average Bonchev–Trinajstić information content (AvgIpc) is 2.72. The molecule has 0 aliphatic carbocycles. The molecule has 4 rings (SSSR count). The van der Waals surface area contributed by atoms with E-state index in [1.807, 2.05) is 29.2 Å². The van der Waals surface area contributed by atoms with Crippen molar-refractivity contribution in [3.05, 3.63) is 90.7 Å². The van der Waals surface area contributed by atoms with E-state index in [2.05, 4.69) is 22.2 Å². The third-order valence-electron chi connectivity index (χ3n) is 4.14. The van der Waals surface area contributed by atoms with Gasteiger partial charge in [-0.05, 0) is 18.2 Å². The fourth-order valence-electron chi connectivity index (χ4n) is 2.76. The molecule has 0 amide bonds. The topological polar surface area (TPSA) is 125 Å². The molecule has 0 unspecified atom stereocenters. The summed E-state index contributed by atoms with van der Waals surface area (Å²) in [5.74, 6) is 0.323. The number of ether oxygens (including phenoxy) is 1. The van der Waals surface area contributed by atoms with Crippen LogP contribution in [-0.4, -0.2) is 20.7 Å². The highest BCUT2D eigenvalue weighted by Crippen LogP contribution is 2.36. The first-order chi connectivity index (χ1) is 14.4. The van der Waals surface area contributed by atoms with E-state index < -0.39 is 16.9 Å². The molecule has 0 fully saturated rings. The highest BCUT2D eigenvalue weighted by atomic mass is 35.5. The molecule has 9 nitrogen and oxygen atoms in total. The largest absolute Gasteiger partial charge is 0.434 e. The van der Waals surface area contributed by atoms with Gasteiger partial charge in [0.05, 0.1) is 21.4 Å². The molecule has 11 heteroatoms. The van der Waals surface area contributed by atoms with Gasteiger partial charge in [-0.15, -0.1) is 10.2 Å². The molecule has 2 aromatic carbocycles. The highest BCUT2D eigenvalue weighted by Gasteiger charge is 2.21. The number of aromatic amines is 1. The fraction of sp³-hybridized carbons (Fsp3) is 0. The first kappa shape index (κ1) is 19.4. The number of hydrogen-bond donors (Lipinski definition) is 2. The fourth-order valence-corrected chi connectivity index (χ4v) is 3.31. The second kappa shape index (κ2) is 7.51. The van der Waals surface area contributed by atoms with Gasteiger partial charge >= 0.3 is 5.69 Å². The summed E-state index contributed by atoms with van der Waals surface area (Å²) >= 11 is 12.7. The van der Waals surface area contributed by atoms with Gasteiger partial charge in [0.25, 0.3) is 5.56 Å². The maximum Gasteiger partial charge on any atom is 0.349 e. The minimum absolute atomic E-state index is 0.0560. The molecule has 30 heavy (non-hydrogen) atoms. The number of nitriles is 1. The second-order valence-electron chi connectivity index (χ2n) is 6.02. The van der Waals surface area contributed by atoms with Crippen LogP contribution in [0.5, 0.6) is 5.75 Å². The Labute approximate surface area is 178 Å². The van der Waals surface area contributed by atoms with Gasteiger partial charge in [-0.25, -0.2) is 4.79 Å². The van der Waals surface area contributed by atoms with Crippen LogP contribution < -0.4 is 21.4 Å². The molecule has 0 radical (unpaired) electrons. The third-order valence-corrected chi connectivity index (χ3v) is 4.70. The molecule has 0 saturated heterocycles. The molecule has 0 bridgehead atoms. The number of fused-ring (bicyclic) bond motifs is 1. The highest BCUT2D eigenvalue weighted by molar-refractivity contribution is 6.37. The van der Waals surface area contributed by atoms with Crippen LogP contribution in [-0.2, 0) is 0 Å². The summed E-state index contributed by atoms with van der Waals surface area (Å²) in [4.78, 5) is 25.6. The zero-order valence-corrected chi connectivity index (χ0v) is 16.5. The number of nitrogens with one attached hydrogen (secondary N) is 2. The van der Waals surface area contributed by atoms with Crippen LogP contribution in [0.25, 0.3) is 11.4 Å². The van der Waals surface area contributed by atoms with E-state index in [4.69, 9.17) is 33.2 Å². The minimum Gasteiger partial charge on any atom is -0.434 e. The van der Waals surface area contributed by atoms with Crippen molar-refractivity contribution in [2.24, 2.45) is 5.10 Å². The Morgan fingerprint density at radius 3 is 2.47 bits per heavy atom. The predicted molar refractivity (Wildman–Crippen MR) is 111 cm³/mol. The summed E-state index contributed by atoms with van der Waals surface area (Å²) in [6.45, 7) is 3.89. The smallest absolute Gasteiger partial charge is 0.349 e. The summed E-state index contributed by atoms with van der Waals surface area (Å²) < 4.78 is 6.65. The van der Waals surface area contributed by atoms with Gasteiger partial charge in [-0.3, -0.25) is 15.2 Å². The van der Waals surface area contributed by atoms with Crippen LogP contribution in [0.1, 0.15) is 16.8 Å². The van der Waals surface area contributed by atoms with Crippen LogP contribution in [0.2, 0.25) is 10.0 Å². The van der Waals surface area contributed by atoms with Crippen LogP contribution in [0, 0.1) is 11.3 Å². The molecular formula is C19H10Cl2N6O3. The van der Waals surface area contributed by atoms with E-state index in [0.29, 0.717) is 11.3 Å². The van der Waals surface area contributed by atoms with Gasteiger partial charge in [-0.2, -0.15) is 9.94 Å². The predicted octanol–water partition coefficient (Wildman–Crippen LogP) is 2.41. The van der Waals surface area contributed by atoms with Crippen molar-refractivity contribution < 1.29 is 4.74 Å². The molecule has 0 saturated carbocycles. The Hall–Kier alpha value is -3.87. The molecular weight excluding hydrogens is 431 g/mol. The van der Waals surface area contributed by atoms with Gasteiger partial charge in [0.15, 0.2) is 5.75 Å². The number of nitrogens with zero attached hydrogens (tertiary/aromatic N) is 4. The zero-order chi connectivity index (χ0) is 21.4. The zero-order valence-electron chi connectivity index (χ0n) is 14.9. The van der Waals surface area contributed by atoms with Crippen LogP contribution in [0.3, 0.4) is 0 Å². The Balaban J connectivity index is 1.76. The van der Waals surface area contributed by atoms with Crippen LogP contribution in [0.4, 0.5) is 0 Å². The first-order valence-electron chi connectivity index (χ1n) is 8.32. The molecule has 0 atom stereocenters. The molecule has 1 aliphatic rings. The van der Waals surface area contributed by atoms with Gasteiger partial charge in [-0.1, -0.05) is 48.0 Å². The summed E-state index contributed by atoms with van der Waals surface area (Å²) in [6.07, 6.45) is 0. The Morgan fingerprint density at radius 1 is 1.13 bits per heavy atom. The van der Waals surface area contributed by atoms with Crippen molar-refractivity contribution in [3.63, 3.8) is 0 Å². The summed E-state index contributed by atoms with van der Waals surface area (Å²) in [6, 6.07) is 11.7. The number of hydrogen-bond acceptors (Lipinski definition) is 7. The second-order valence-corrected chi connectivity index (χ2v) is 6.84. The molecule has 2 heterocycles. The first-order valence-corrected chi connectivity index (χ1v) is 9.08. The number of rotatable bonds is 2. The van der Waals surface area contributed by atoms with Crippen molar-refractivity contribution in [2.75, 3.05) is 0 Å². The number of halogens is 2. The molecule has 1 aliphatic heterocycles. The summed E-state index contributed by atoms with van der Waals surface area (Å²) in [7, 11) is 0. The molecule has 2 N–H and O–H groups in total. The lowest BCUT2D eigenvalue weighted by molar-refractivity contribution is 0.543. The van der Waals surface area contributed by atoms with E-state index >= 15 is 0 Å². The van der Waals surface area contributed by atoms with Gasteiger partial charge in [0.1, 0.15) is 6.07 Å². The maximum absolute atomic E-state index is 12.1. The van der Waals surface area contributed by atoms with Crippen molar-refractivity contribution in [1.29, 1.82) is 5.26 Å². The maximum atomic E-state index is 12.1. The van der Waals surface area contributed by atoms with E-state index in [-0.39, 0.29) is 27.4 Å². The Kier molecular flexibility index (Phi) is 4.87. The third kappa shape index (κ3) is 3.34. The van der Waals surface area contributed by atoms with E-state index in [1.165, 1.54) is 12.1 Å². The van der Waals surface area contributed by atoms with Gasteiger partial charge in [0.2, 0.25) is 11.6 Å².